The van der Waals surface area contributed by atoms with Crippen LogP contribution in [0, 0.1) is 5.41 Å². The van der Waals surface area contributed by atoms with Gasteiger partial charge in [-0.25, -0.2) is 8.42 Å². The summed E-state index contributed by atoms with van der Waals surface area (Å²) < 4.78 is 29.9. The molecule has 0 radical (unpaired) electrons. The van der Waals surface area contributed by atoms with Crippen LogP contribution >= 0.6 is 0 Å². The Morgan fingerprint density at radius 1 is 1.19 bits per heavy atom. The lowest BCUT2D eigenvalue weighted by molar-refractivity contribution is -0.149. The van der Waals surface area contributed by atoms with Crippen LogP contribution in [0.15, 0.2) is 0 Å². The topological polar surface area (TPSA) is 55.4 Å². The SMILES string of the molecule is CCOC1CC(NCC2CCCS2(=O)=O)C12CCCCC2. The molecule has 1 saturated heterocycles. The highest BCUT2D eigenvalue weighted by molar-refractivity contribution is 7.92. The second-order valence-electron chi connectivity index (χ2n) is 7.07. The fourth-order valence-corrected chi connectivity index (χ4v) is 6.49. The normalized spacial score (nSPS) is 37.5. The first-order valence-corrected chi connectivity index (χ1v) is 10.4. The van der Waals surface area contributed by atoms with E-state index in [9.17, 15) is 8.42 Å². The van der Waals surface area contributed by atoms with Gasteiger partial charge in [0.2, 0.25) is 0 Å². The molecule has 1 aliphatic heterocycles. The van der Waals surface area contributed by atoms with Crippen molar-refractivity contribution in [2.75, 3.05) is 18.9 Å². The van der Waals surface area contributed by atoms with Crippen molar-refractivity contribution in [2.45, 2.75) is 75.7 Å². The van der Waals surface area contributed by atoms with Crippen LogP contribution in [0.25, 0.3) is 0 Å². The van der Waals surface area contributed by atoms with Gasteiger partial charge >= 0.3 is 0 Å². The molecule has 0 amide bonds. The maximum absolute atomic E-state index is 12.0. The van der Waals surface area contributed by atoms with Gasteiger partial charge in [0, 0.05) is 24.6 Å². The number of hydrogen-bond donors (Lipinski definition) is 1. The lowest BCUT2D eigenvalue weighted by Crippen LogP contribution is -2.65. The third-order valence-corrected chi connectivity index (χ3v) is 8.27. The van der Waals surface area contributed by atoms with E-state index in [0.717, 1.165) is 25.9 Å². The second kappa shape index (κ2) is 6.17. The Bertz CT molecular complexity index is 456. The summed E-state index contributed by atoms with van der Waals surface area (Å²) in [5.41, 5.74) is 0.288. The Balaban J connectivity index is 1.60. The molecule has 122 valence electrons. The molecule has 3 rings (SSSR count). The van der Waals surface area contributed by atoms with E-state index in [-0.39, 0.29) is 10.7 Å². The van der Waals surface area contributed by atoms with Gasteiger partial charge < -0.3 is 10.1 Å². The van der Waals surface area contributed by atoms with Gasteiger partial charge in [0.05, 0.1) is 17.1 Å². The number of sulfone groups is 1. The van der Waals surface area contributed by atoms with Gasteiger partial charge in [-0.2, -0.15) is 0 Å². The van der Waals surface area contributed by atoms with Crippen LogP contribution < -0.4 is 5.32 Å². The van der Waals surface area contributed by atoms with Crippen LogP contribution in [-0.2, 0) is 14.6 Å². The van der Waals surface area contributed by atoms with Gasteiger partial charge in [-0.3, -0.25) is 0 Å². The molecule has 0 aromatic heterocycles. The molecule has 1 heterocycles. The third kappa shape index (κ3) is 2.89. The maximum atomic E-state index is 12.0. The lowest BCUT2D eigenvalue weighted by Gasteiger charge is -2.58. The van der Waals surface area contributed by atoms with Crippen LogP contribution in [0.4, 0.5) is 0 Å². The van der Waals surface area contributed by atoms with E-state index in [1.165, 1.54) is 32.1 Å². The van der Waals surface area contributed by atoms with E-state index in [1.54, 1.807) is 0 Å². The Kier molecular flexibility index (Phi) is 4.63. The fraction of sp³-hybridized carbons (Fsp3) is 1.00. The molecule has 0 aromatic carbocycles. The summed E-state index contributed by atoms with van der Waals surface area (Å²) in [5.74, 6) is 0.386. The third-order valence-electron chi connectivity index (χ3n) is 5.99. The van der Waals surface area contributed by atoms with Crippen molar-refractivity contribution >= 4 is 9.84 Å². The first-order chi connectivity index (χ1) is 10.1. The summed E-state index contributed by atoms with van der Waals surface area (Å²) in [4.78, 5) is 0. The summed E-state index contributed by atoms with van der Waals surface area (Å²) in [7, 11) is -2.83. The number of rotatable bonds is 5. The zero-order valence-electron chi connectivity index (χ0n) is 13.1. The molecule has 3 atom stereocenters. The molecule has 4 nitrogen and oxygen atoms in total. The number of ether oxygens (including phenoxy) is 1. The van der Waals surface area contributed by atoms with E-state index < -0.39 is 9.84 Å². The molecule has 0 aromatic rings. The molecule has 3 fully saturated rings. The molecule has 3 aliphatic rings. The van der Waals surface area contributed by atoms with E-state index >= 15 is 0 Å². The van der Waals surface area contributed by atoms with Crippen molar-refractivity contribution in [1.82, 2.24) is 5.32 Å². The highest BCUT2D eigenvalue weighted by atomic mass is 32.2. The standard InChI is InChI=1S/C16H29NO3S/c1-2-20-15-11-14(16(15)8-4-3-5-9-16)17-12-13-7-6-10-21(13,18)19/h13-15,17H,2-12H2,1H3. The Morgan fingerprint density at radius 3 is 2.57 bits per heavy atom. The van der Waals surface area contributed by atoms with E-state index in [4.69, 9.17) is 4.74 Å². The van der Waals surface area contributed by atoms with Crippen molar-refractivity contribution in [3.05, 3.63) is 0 Å². The highest BCUT2D eigenvalue weighted by Gasteiger charge is 2.55. The molecule has 0 bridgehead atoms. The van der Waals surface area contributed by atoms with Crippen molar-refractivity contribution in [1.29, 1.82) is 0 Å². The predicted octanol–water partition coefficient (Wildman–Crippen LogP) is 2.28. The Labute approximate surface area is 128 Å². The summed E-state index contributed by atoms with van der Waals surface area (Å²) in [6.45, 7) is 3.51. The molecule has 2 aliphatic carbocycles. The van der Waals surface area contributed by atoms with Gasteiger partial charge in [0.25, 0.3) is 0 Å². The summed E-state index contributed by atoms with van der Waals surface area (Å²) in [6, 6.07) is 0.463. The molecular formula is C16H29NO3S. The highest BCUT2D eigenvalue weighted by Crippen LogP contribution is 2.53. The Hall–Kier alpha value is -0.130. The maximum Gasteiger partial charge on any atom is 0.154 e. The van der Waals surface area contributed by atoms with Crippen molar-refractivity contribution in [3.8, 4) is 0 Å². The summed E-state index contributed by atoms with van der Waals surface area (Å²) >= 11 is 0. The van der Waals surface area contributed by atoms with Gasteiger partial charge in [0.1, 0.15) is 0 Å². The van der Waals surface area contributed by atoms with Crippen molar-refractivity contribution in [3.63, 3.8) is 0 Å². The van der Waals surface area contributed by atoms with E-state index in [1.807, 2.05) is 0 Å². The summed E-state index contributed by atoms with van der Waals surface area (Å²) in [6.07, 6.45) is 9.54. The van der Waals surface area contributed by atoms with Crippen molar-refractivity contribution < 1.29 is 13.2 Å². The quantitative estimate of drug-likeness (QED) is 0.845. The lowest BCUT2D eigenvalue weighted by atomic mass is 9.55. The van der Waals surface area contributed by atoms with Gasteiger partial charge in [-0.1, -0.05) is 19.3 Å². The molecule has 1 N–H and O–H groups in total. The molecule has 3 unspecified atom stereocenters. The molecule has 5 heteroatoms. The smallest absolute Gasteiger partial charge is 0.154 e. The molecule has 2 saturated carbocycles. The zero-order chi connectivity index (χ0) is 14.9. The molecule has 1 spiro atoms. The van der Waals surface area contributed by atoms with Crippen molar-refractivity contribution in [2.24, 2.45) is 5.41 Å². The molecule has 21 heavy (non-hydrogen) atoms. The van der Waals surface area contributed by atoms with E-state index in [2.05, 4.69) is 12.2 Å². The summed E-state index contributed by atoms with van der Waals surface area (Å²) in [5, 5.41) is 3.46. The first-order valence-electron chi connectivity index (χ1n) is 8.65. The zero-order valence-corrected chi connectivity index (χ0v) is 14.0. The average molecular weight is 315 g/mol. The van der Waals surface area contributed by atoms with E-state index in [0.29, 0.717) is 24.4 Å². The average Bonchev–Trinajstić information content (AvgIpc) is 2.82. The minimum absolute atomic E-state index is 0.149. The second-order valence-corrected chi connectivity index (χ2v) is 9.47. The van der Waals surface area contributed by atoms with Crippen LogP contribution in [0.2, 0.25) is 0 Å². The van der Waals surface area contributed by atoms with Crippen LogP contribution in [0.1, 0.15) is 58.3 Å². The van der Waals surface area contributed by atoms with Gasteiger partial charge in [-0.15, -0.1) is 0 Å². The monoisotopic (exact) mass is 315 g/mol. The van der Waals surface area contributed by atoms with Crippen LogP contribution in [0.5, 0.6) is 0 Å². The number of nitrogens with one attached hydrogen (secondary N) is 1. The predicted molar refractivity (Wildman–Crippen MR) is 84.1 cm³/mol. The van der Waals surface area contributed by atoms with Gasteiger partial charge in [-0.05, 0) is 39.0 Å². The first kappa shape index (κ1) is 15.8. The Morgan fingerprint density at radius 2 is 1.95 bits per heavy atom. The molecular weight excluding hydrogens is 286 g/mol. The largest absolute Gasteiger partial charge is 0.378 e. The minimum Gasteiger partial charge on any atom is -0.378 e. The number of hydrogen-bond acceptors (Lipinski definition) is 4. The fourth-order valence-electron chi connectivity index (χ4n) is 4.71. The van der Waals surface area contributed by atoms with Crippen LogP contribution in [-0.4, -0.2) is 44.7 Å². The minimum atomic E-state index is -2.83. The van der Waals surface area contributed by atoms with Gasteiger partial charge in [0.15, 0.2) is 9.84 Å². The van der Waals surface area contributed by atoms with Crippen LogP contribution in [0.3, 0.4) is 0 Å².